The number of likely N-dealkylation sites (tertiary alicyclic amines) is 1. The summed E-state index contributed by atoms with van der Waals surface area (Å²) in [4.78, 5) is 34.4. The van der Waals surface area contributed by atoms with Gasteiger partial charge in [0.05, 0.1) is 12.5 Å². The lowest BCUT2D eigenvalue weighted by Gasteiger charge is -2.47. The minimum Gasteiger partial charge on any atom is -0.466 e. The number of nitrogens with one attached hydrogen (secondary N) is 1. The molecule has 3 atom stereocenters. The molecule has 1 aromatic heterocycles. The van der Waals surface area contributed by atoms with Crippen LogP contribution in [0.4, 0.5) is 0 Å². The zero-order chi connectivity index (χ0) is 21.6. The summed E-state index contributed by atoms with van der Waals surface area (Å²) >= 11 is 0. The Morgan fingerprint density at radius 1 is 1.13 bits per heavy atom. The van der Waals surface area contributed by atoms with Gasteiger partial charge in [-0.15, -0.1) is 0 Å². The second-order valence-electron chi connectivity index (χ2n) is 8.07. The van der Waals surface area contributed by atoms with E-state index in [1.54, 1.807) is 4.90 Å². The zero-order valence-corrected chi connectivity index (χ0v) is 17.9. The average Bonchev–Trinajstić information content (AvgIpc) is 2.84. The van der Waals surface area contributed by atoms with Gasteiger partial charge in [0.1, 0.15) is 0 Å². The Hall–Kier alpha value is -2.77. The smallest absolute Gasteiger partial charge is 0.312 e. The van der Waals surface area contributed by atoms with Crippen molar-refractivity contribution in [2.75, 3.05) is 39.3 Å². The minimum atomic E-state index is -0.371. The fraction of sp³-hybridized carbons (Fsp3) is 0.458. The summed E-state index contributed by atoms with van der Waals surface area (Å²) in [6, 6.07) is 13.5. The molecule has 2 aromatic rings. The van der Waals surface area contributed by atoms with Crippen LogP contribution >= 0.6 is 0 Å². The first kappa shape index (κ1) is 21.5. The lowest BCUT2D eigenvalue weighted by molar-refractivity contribution is -0.153. The van der Waals surface area contributed by atoms with E-state index in [1.807, 2.05) is 61.8 Å². The molecule has 2 aliphatic heterocycles. The molecule has 1 amide bonds. The second-order valence-corrected chi connectivity index (χ2v) is 8.07. The Morgan fingerprint density at radius 3 is 2.65 bits per heavy atom. The number of benzene rings is 1. The minimum absolute atomic E-state index is 0.0270. The van der Waals surface area contributed by atoms with Crippen LogP contribution in [-0.2, 0) is 9.53 Å². The van der Waals surface area contributed by atoms with E-state index >= 15 is 0 Å². The highest BCUT2D eigenvalue weighted by Gasteiger charge is 2.43. The molecule has 0 spiro atoms. The summed E-state index contributed by atoms with van der Waals surface area (Å²) in [5.41, 5.74) is 1.84. The maximum Gasteiger partial charge on any atom is 0.312 e. The van der Waals surface area contributed by atoms with Crippen molar-refractivity contribution in [3.05, 3.63) is 66.0 Å². The van der Waals surface area contributed by atoms with Crippen LogP contribution in [0.15, 0.2) is 54.9 Å². The highest BCUT2D eigenvalue weighted by Crippen LogP contribution is 2.32. The number of hydrogen-bond donors (Lipinski definition) is 1. The van der Waals surface area contributed by atoms with Crippen LogP contribution in [0, 0.1) is 5.92 Å². The Kier molecular flexibility index (Phi) is 6.94. The maximum atomic E-state index is 13.0. The number of aromatic nitrogens is 1. The summed E-state index contributed by atoms with van der Waals surface area (Å²) in [5.74, 6) is -0.617. The van der Waals surface area contributed by atoms with E-state index in [4.69, 9.17) is 4.74 Å². The molecule has 164 valence electrons. The van der Waals surface area contributed by atoms with Crippen LogP contribution in [0.25, 0.3) is 0 Å². The van der Waals surface area contributed by atoms with Crippen LogP contribution < -0.4 is 5.32 Å². The van der Waals surface area contributed by atoms with Crippen LogP contribution in [0.3, 0.4) is 0 Å². The average molecular weight is 423 g/mol. The normalized spacial score (nSPS) is 24.5. The number of piperidine rings is 1. The lowest BCUT2D eigenvalue weighted by Crippen LogP contribution is -2.59. The predicted molar refractivity (Wildman–Crippen MR) is 117 cm³/mol. The molecule has 2 fully saturated rings. The van der Waals surface area contributed by atoms with E-state index in [2.05, 4.69) is 15.2 Å². The van der Waals surface area contributed by atoms with Gasteiger partial charge in [0, 0.05) is 62.8 Å². The standard InChI is InChI=1S/C24H30N4O3/c1-2-31-24(30)20-17-27(23(29)19-6-4-3-5-7-19)14-10-21(20)28-15-13-26-16-22(28)18-8-11-25-12-9-18/h3-9,11-12,20-22,26H,2,10,13-17H2,1H3. The number of esters is 1. The van der Waals surface area contributed by atoms with Gasteiger partial charge in [-0.3, -0.25) is 19.5 Å². The summed E-state index contributed by atoms with van der Waals surface area (Å²) in [6.07, 6.45) is 4.36. The van der Waals surface area contributed by atoms with Gasteiger partial charge in [-0.25, -0.2) is 0 Å². The number of pyridine rings is 1. The number of nitrogens with zero attached hydrogens (tertiary/aromatic N) is 3. The number of ether oxygens (including phenoxy) is 1. The van der Waals surface area contributed by atoms with Gasteiger partial charge in [0.2, 0.25) is 0 Å². The summed E-state index contributed by atoms with van der Waals surface area (Å²) in [7, 11) is 0. The third kappa shape index (κ3) is 4.78. The molecule has 7 heteroatoms. The zero-order valence-electron chi connectivity index (χ0n) is 17.9. The molecule has 7 nitrogen and oxygen atoms in total. The first-order valence-electron chi connectivity index (χ1n) is 11.1. The number of amides is 1. The summed E-state index contributed by atoms with van der Waals surface area (Å²) in [5, 5.41) is 3.48. The van der Waals surface area contributed by atoms with E-state index < -0.39 is 0 Å². The van der Waals surface area contributed by atoms with Gasteiger partial charge >= 0.3 is 5.97 Å². The molecule has 0 saturated carbocycles. The maximum absolute atomic E-state index is 13.0. The molecule has 31 heavy (non-hydrogen) atoms. The highest BCUT2D eigenvalue weighted by molar-refractivity contribution is 5.94. The van der Waals surface area contributed by atoms with Crippen molar-refractivity contribution in [3.8, 4) is 0 Å². The molecule has 2 saturated heterocycles. The largest absolute Gasteiger partial charge is 0.466 e. The summed E-state index contributed by atoms with van der Waals surface area (Å²) in [6.45, 7) is 5.71. The quantitative estimate of drug-likeness (QED) is 0.744. The Morgan fingerprint density at radius 2 is 1.90 bits per heavy atom. The Labute approximate surface area is 183 Å². The molecular formula is C24H30N4O3. The molecule has 2 aliphatic rings. The first-order chi connectivity index (χ1) is 15.2. The number of carbonyl (C=O) groups is 2. The third-order valence-electron chi connectivity index (χ3n) is 6.28. The molecule has 1 aromatic carbocycles. The SMILES string of the molecule is CCOC(=O)C1CN(C(=O)c2ccccc2)CCC1N1CCNCC1c1ccncc1. The van der Waals surface area contributed by atoms with Crippen LogP contribution in [0.1, 0.15) is 35.3 Å². The van der Waals surface area contributed by atoms with Gasteiger partial charge in [0.25, 0.3) is 5.91 Å². The Balaban J connectivity index is 1.57. The van der Waals surface area contributed by atoms with Crippen molar-refractivity contribution in [2.24, 2.45) is 5.92 Å². The van der Waals surface area contributed by atoms with Crippen molar-refractivity contribution in [1.29, 1.82) is 0 Å². The van der Waals surface area contributed by atoms with Gasteiger partial charge in [0.15, 0.2) is 0 Å². The molecule has 0 aliphatic carbocycles. The first-order valence-corrected chi connectivity index (χ1v) is 11.1. The van der Waals surface area contributed by atoms with Crippen molar-refractivity contribution in [1.82, 2.24) is 20.1 Å². The van der Waals surface area contributed by atoms with Gasteiger partial charge in [-0.1, -0.05) is 18.2 Å². The highest BCUT2D eigenvalue weighted by atomic mass is 16.5. The molecule has 0 radical (unpaired) electrons. The van der Waals surface area contributed by atoms with Crippen LogP contribution in [0.5, 0.6) is 0 Å². The molecule has 3 unspecified atom stereocenters. The van der Waals surface area contributed by atoms with E-state index in [9.17, 15) is 9.59 Å². The second kappa shape index (κ2) is 10.0. The van der Waals surface area contributed by atoms with Gasteiger partial charge < -0.3 is 15.0 Å². The number of carbonyl (C=O) groups excluding carboxylic acids is 2. The molecule has 3 heterocycles. The van der Waals surface area contributed by atoms with Crippen molar-refractivity contribution in [3.63, 3.8) is 0 Å². The van der Waals surface area contributed by atoms with E-state index in [0.717, 1.165) is 26.1 Å². The van der Waals surface area contributed by atoms with Crippen molar-refractivity contribution in [2.45, 2.75) is 25.4 Å². The molecule has 0 bridgehead atoms. The molecule has 1 N–H and O–H groups in total. The van der Waals surface area contributed by atoms with Crippen LogP contribution in [0.2, 0.25) is 0 Å². The number of piperazine rings is 1. The van der Waals surface area contributed by atoms with Gasteiger partial charge in [-0.2, -0.15) is 0 Å². The number of rotatable bonds is 5. The summed E-state index contributed by atoms with van der Waals surface area (Å²) < 4.78 is 5.45. The Bertz CT molecular complexity index is 877. The van der Waals surface area contributed by atoms with Crippen LogP contribution in [-0.4, -0.2) is 72.0 Å². The van der Waals surface area contributed by atoms with E-state index in [1.165, 1.54) is 5.56 Å². The predicted octanol–water partition coefficient (Wildman–Crippen LogP) is 2.12. The van der Waals surface area contributed by atoms with Gasteiger partial charge in [-0.05, 0) is 43.2 Å². The molecule has 4 rings (SSSR count). The number of hydrogen-bond acceptors (Lipinski definition) is 6. The van der Waals surface area contributed by atoms with E-state index in [-0.39, 0.29) is 29.9 Å². The fourth-order valence-corrected chi connectivity index (χ4v) is 4.78. The topological polar surface area (TPSA) is 74.8 Å². The monoisotopic (exact) mass is 422 g/mol. The van der Waals surface area contributed by atoms with Crippen molar-refractivity contribution >= 4 is 11.9 Å². The van der Waals surface area contributed by atoms with Crippen molar-refractivity contribution < 1.29 is 14.3 Å². The third-order valence-corrected chi connectivity index (χ3v) is 6.28. The lowest BCUT2D eigenvalue weighted by atomic mass is 9.87. The fourth-order valence-electron chi connectivity index (χ4n) is 4.78. The molecular weight excluding hydrogens is 392 g/mol. The van der Waals surface area contributed by atoms with E-state index in [0.29, 0.717) is 25.3 Å².